The molecule has 4 rings (SSSR count). The van der Waals surface area contributed by atoms with E-state index >= 15 is 0 Å². The van der Waals surface area contributed by atoms with E-state index in [0.717, 1.165) is 59.4 Å². The van der Waals surface area contributed by atoms with Gasteiger partial charge in [0.05, 0.1) is 19.6 Å². The van der Waals surface area contributed by atoms with Crippen molar-refractivity contribution < 1.29 is 19.0 Å². The number of nitrogens with zero attached hydrogens (tertiary/aromatic N) is 1. The number of carbonyl (C=O) groups excluding carboxylic acids is 1. The number of piperidine rings is 1. The van der Waals surface area contributed by atoms with E-state index in [0.29, 0.717) is 6.61 Å². The molecule has 0 N–H and O–H groups in total. The first-order chi connectivity index (χ1) is 13.6. The lowest BCUT2D eigenvalue weighted by Crippen LogP contribution is -2.36. The highest BCUT2D eigenvalue weighted by Gasteiger charge is 2.28. The molecule has 1 saturated heterocycles. The minimum atomic E-state index is -0.390. The molecule has 0 spiro atoms. The second-order valence-corrected chi connectivity index (χ2v) is 8.21. The maximum atomic E-state index is 11.8. The fourth-order valence-electron chi connectivity index (χ4n) is 3.90. The molecule has 148 valence electrons. The molecule has 0 aliphatic carbocycles. The molecule has 1 fully saturated rings. The van der Waals surface area contributed by atoms with Crippen LogP contribution in [0.25, 0.3) is 0 Å². The molecular formula is C22H24BrNO4. The van der Waals surface area contributed by atoms with Crippen LogP contribution in [0.1, 0.15) is 35.8 Å². The van der Waals surface area contributed by atoms with Gasteiger partial charge in [0.25, 0.3) is 0 Å². The molecule has 2 aromatic rings. The Hall–Kier alpha value is -1.89. The zero-order chi connectivity index (χ0) is 19.5. The number of hydrogen-bond acceptors (Lipinski definition) is 5. The lowest BCUT2D eigenvalue weighted by molar-refractivity contribution is -0.147. The highest BCUT2D eigenvalue weighted by molar-refractivity contribution is 9.10. The van der Waals surface area contributed by atoms with Gasteiger partial charge in [-0.05, 0) is 38.1 Å². The van der Waals surface area contributed by atoms with E-state index in [2.05, 4.69) is 33.0 Å². The molecule has 28 heavy (non-hydrogen) atoms. The third-order valence-electron chi connectivity index (χ3n) is 5.41. The van der Waals surface area contributed by atoms with Gasteiger partial charge in [-0.1, -0.05) is 46.3 Å². The van der Waals surface area contributed by atoms with Gasteiger partial charge in [0.1, 0.15) is 5.75 Å². The van der Waals surface area contributed by atoms with Crippen molar-refractivity contribution in [2.75, 3.05) is 20.2 Å². The fraction of sp³-hybridized carbons (Fsp3) is 0.409. The Bertz CT molecular complexity index is 834. The number of hydrogen-bond donors (Lipinski definition) is 0. The molecule has 2 aliphatic heterocycles. The van der Waals surface area contributed by atoms with Crippen molar-refractivity contribution in [3.63, 3.8) is 0 Å². The van der Waals surface area contributed by atoms with Crippen molar-refractivity contribution in [2.24, 2.45) is 5.92 Å². The van der Waals surface area contributed by atoms with Crippen LogP contribution in [0.2, 0.25) is 0 Å². The summed E-state index contributed by atoms with van der Waals surface area (Å²) in [5.41, 5.74) is 3.21. The van der Waals surface area contributed by atoms with E-state index in [1.54, 1.807) is 0 Å². The second-order valence-electron chi connectivity index (χ2n) is 7.30. The number of likely N-dealkylation sites (tertiary alicyclic amines) is 1. The quantitative estimate of drug-likeness (QED) is 0.650. The van der Waals surface area contributed by atoms with E-state index in [1.165, 1.54) is 7.11 Å². The molecule has 6 heteroatoms. The molecule has 2 heterocycles. The van der Waals surface area contributed by atoms with Crippen LogP contribution in [0.4, 0.5) is 0 Å². The topological polar surface area (TPSA) is 48.0 Å². The number of ether oxygens (including phenoxy) is 3. The normalized spacial score (nSPS) is 20.3. The molecule has 0 radical (unpaired) electrons. The minimum absolute atomic E-state index is 0.0183. The van der Waals surface area contributed by atoms with E-state index in [-0.39, 0.29) is 11.9 Å². The van der Waals surface area contributed by atoms with Crippen molar-refractivity contribution in [1.29, 1.82) is 0 Å². The zero-order valence-electron chi connectivity index (χ0n) is 15.9. The summed E-state index contributed by atoms with van der Waals surface area (Å²) in [5.74, 6) is 0.842. The SMILES string of the molecule is COC(=O)C1CCN(Cc2cc(Br)cc3c2O[C@H](c2ccccc2)OC3)CC1. The Morgan fingerprint density at radius 3 is 2.68 bits per heavy atom. The largest absolute Gasteiger partial charge is 0.469 e. The smallest absolute Gasteiger partial charge is 0.308 e. The van der Waals surface area contributed by atoms with Crippen molar-refractivity contribution in [2.45, 2.75) is 32.3 Å². The van der Waals surface area contributed by atoms with Crippen LogP contribution in [0.5, 0.6) is 5.75 Å². The molecular weight excluding hydrogens is 422 g/mol. The number of carbonyl (C=O) groups is 1. The standard InChI is InChI=1S/C22H24BrNO4/c1-26-21(25)15-7-9-24(10-8-15)13-17-11-19(23)12-18-14-27-22(28-20(17)18)16-5-3-2-4-6-16/h2-6,11-12,15,22H,7-10,13-14H2,1H3/t22-/m1/s1. The number of halogens is 1. The number of fused-ring (bicyclic) bond motifs is 1. The molecule has 0 saturated carbocycles. The Morgan fingerprint density at radius 2 is 1.96 bits per heavy atom. The van der Waals surface area contributed by atoms with Gasteiger partial charge in [0.15, 0.2) is 0 Å². The van der Waals surface area contributed by atoms with Crippen LogP contribution in [-0.4, -0.2) is 31.1 Å². The third kappa shape index (κ3) is 4.24. The summed E-state index contributed by atoms with van der Waals surface area (Å²) in [5, 5.41) is 0. The van der Waals surface area contributed by atoms with Crippen LogP contribution in [0.3, 0.4) is 0 Å². The lowest BCUT2D eigenvalue weighted by Gasteiger charge is -2.33. The maximum Gasteiger partial charge on any atom is 0.308 e. The molecule has 1 atom stereocenters. The Morgan fingerprint density at radius 1 is 1.21 bits per heavy atom. The predicted octanol–water partition coefficient (Wildman–Crippen LogP) is 4.44. The Balaban J connectivity index is 1.50. The molecule has 0 aromatic heterocycles. The summed E-state index contributed by atoms with van der Waals surface area (Å²) in [6.07, 6.45) is 1.28. The van der Waals surface area contributed by atoms with Gasteiger partial charge in [0.2, 0.25) is 6.29 Å². The first kappa shape index (κ1) is 19.4. The van der Waals surface area contributed by atoms with Gasteiger partial charge in [-0.2, -0.15) is 0 Å². The highest BCUT2D eigenvalue weighted by atomic mass is 79.9. The lowest BCUT2D eigenvalue weighted by atomic mass is 9.96. The van der Waals surface area contributed by atoms with Crippen molar-refractivity contribution in [3.05, 3.63) is 63.6 Å². The Labute approximate surface area is 173 Å². The summed E-state index contributed by atoms with van der Waals surface area (Å²) in [7, 11) is 1.46. The third-order valence-corrected chi connectivity index (χ3v) is 5.87. The van der Waals surface area contributed by atoms with Gasteiger partial charge < -0.3 is 14.2 Å². The van der Waals surface area contributed by atoms with Gasteiger partial charge >= 0.3 is 5.97 Å². The molecule has 0 amide bonds. The molecule has 0 bridgehead atoms. The number of benzene rings is 2. The summed E-state index contributed by atoms with van der Waals surface area (Å²) < 4.78 is 18.1. The van der Waals surface area contributed by atoms with Crippen LogP contribution < -0.4 is 4.74 Å². The average Bonchev–Trinajstić information content (AvgIpc) is 2.74. The number of rotatable bonds is 4. The monoisotopic (exact) mass is 445 g/mol. The average molecular weight is 446 g/mol. The molecule has 5 nitrogen and oxygen atoms in total. The van der Waals surface area contributed by atoms with E-state index in [9.17, 15) is 4.79 Å². The van der Waals surface area contributed by atoms with Crippen LogP contribution in [-0.2, 0) is 27.4 Å². The summed E-state index contributed by atoms with van der Waals surface area (Å²) in [4.78, 5) is 14.1. The highest BCUT2D eigenvalue weighted by Crippen LogP contribution is 2.38. The second kappa shape index (κ2) is 8.64. The minimum Gasteiger partial charge on any atom is -0.469 e. The first-order valence-electron chi connectivity index (χ1n) is 9.58. The van der Waals surface area contributed by atoms with Crippen LogP contribution in [0, 0.1) is 5.92 Å². The zero-order valence-corrected chi connectivity index (χ0v) is 17.5. The molecule has 2 aliphatic rings. The Kier molecular flexibility index (Phi) is 5.99. The summed E-state index contributed by atoms with van der Waals surface area (Å²) in [6, 6.07) is 14.2. The van der Waals surface area contributed by atoms with Gasteiger partial charge in [-0.15, -0.1) is 0 Å². The summed E-state index contributed by atoms with van der Waals surface area (Å²) in [6.45, 7) is 3.06. The van der Waals surface area contributed by atoms with Crippen molar-refractivity contribution in [3.8, 4) is 5.75 Å². The van der Waals surface area contributed by atoms with Gasteiger partial charge in [-0.3, -0.25) is 9.69 Å². The van der Waals surface area contributed by atoms with Crippen molar-refractivity contribution in [1.82, 2.24) is 4.90 Å². The first-order valence-corrected chi connectivity index (χ1v) is 10.4. The van der Waals surface area contributed by atoms with Crippen molar-refractivity contribution >= 4 is 21.9 Å². The fourth-order valence-corrected chi connectivity index (χ4v) is 4.46. The molecule has 2 aromatic carbocycles. The number of methoxy groups -OCH3 is 1. The maximum absolute atomic E-state index is 11.8. The van der Waals surface area contributed by atoms with E-state index < -0.39 is 6.29 Å². The van der Waals surface area contributed by atoms with Crippen LogP contribution in [0.15, 0.2) is 46.9 Å². The van der Waals surface area contributed by atoms with E-state index in [1.807, 2.05) is 30.3 Å². The van der Waals surface area contributed by atoms with Gasteiger partial charge in [0, 0.05) is 27.7 Å². The summed E-state index contributed by atoms with van der Waals surface area (Å²) >= 11 is 3.61. The number of esters is 1. The molecule has 0 unspecified atom stereocenters. The van der Waals surface area contributed by atoms with E-state index in [4.69, 9.17) is 14.2 Å². The predicted molar refractivity (Wildman–Crippen MR) is 109 cm³/mol. The van der Waals surface area contributed by atoms with Gasteiger partial charge in [-0.25, -0.2) is 0 Å². The van der Waals surface area contributed by atoms with Crippen LogP contribution >= 0.6 is 15.9 Å².